The second-order valence-electron chi connectivity index (χ2n) is 3.11. The van der Waals surface area contributed by atoms with Gasteiger partial charge in [0.25, 0.3) is 0 Å². The van der Waals surface area contributed by atoms with Crippen LogP contribution in [-0.2, 0) is 0 Å². The molecule has 0 saturated carbocycles. The van der Waals surface area contributed by atoms with E-state index in [1.165, 1.54) is 0 Å². The Morgan fingerprint density at radius 2 is 2.21 bits per heavy atom. The second kappa shape index (κ2) is 5.44. The van der Waals surface area contributed by atoms with Crippen LogP contribution in [0.5, 0.6) is 0 Å². The van der Waals surface area contributed by atoms with E-state index in [-0.39, 0.29) is 0 Å². The van der Waals surface area contributed by atoms with Gasteiger partial charge < -0.3 is 10.3 Å². The van der Waals surface area contributed by atoms with Crippen molar-refractivity contribution in [1.82, 2.24) is 4.98 Å². The number of hydrazine groups is 1. The van der Waals surface area contributed by atoms with Crippen LogP contribution in [0.2, 0.25) is 0 Å². The summed E-state index contributed by atoms with van der Waals surface area (Å²) in [5.74, 6) is 6.99. The van der Waals surface area contributed by atoms with Crippen LogP contribution in [0.25, 0.3) is 0 Å². The molecule has 1 rings (SSSR count). The number of nitrogens with zero attached hydrogens (tertiary/aromatic N) is 2. The minimum Gasteiger partial charge on any atom is -0.357 e. The molecule has 78 valence electrons. The van der Waals surface area contributed by atoms with E-state index < -0.39 is 0 Å². The maximum absolute atomic E-state index is 5.30. The highest BCUT2D eigenvalue weighted by atomic mass is 15.3. The van der Waals surface area contributed by atoms with E-state index in [2.05, 4.69) is 29.2 Å². The monoisotopic (exact) mass is 194 g/mol. The lowest BCUT2D eigenvalue weighted by molar-refractivity contribution is 0.779. The van der Waals surface area contributed by atoms with Crippen molar-refractivity contribution in [2.45, 2.75) is 20.3 Å². The van der Waals surface area contributed by atoms with Gasteiger partial charge in [0, 0.05) is 13.1 Å². The smallest absolute Gasteiger partial charge is 0.142 e. The predicted octanol–water partition coefficient (Wildman–Crippen LogP) is 1.60. The molecule has 4 heteroatoms. The van der Waals surface area contributed by atoms with E-state index in [1.54, 1.807) is 0 Å². The average molecular weight is 194 g/mol. The lowest BCUT2D eigenvalue weighted by Gasteiger charge is -2.21. The molecular weight excluding hydrogens is 176 g/mol. The Bertz CT molecular complexity index is 275. The molecule has 0 aromatic carbocycles. The number of nitrogens with one attached hydrogen (secondary N) is 1. The van der Waals surface area contributed by atoms with Crippen molar-refractivity contribution in [2.24, 2.45) is 5.84 Å². The molecule has 4 nitrogen and oxygen atoms in total. The fourth-order valence-electron chi connectivity index (χ4n) is 1.38. The van der Waals surface area contributed by atoms with Crippen molar-refractivity contribution in [3.8, 4) is 0 Å². The molecular formula is C10H18N4. The van der Waals surface area contributed by atoms with Crippen molar-refractivity contribution in [2.75, 3.05) is 23.4 Å². The second-order valence-corrected chi connectivity index (χ2v) is 3.11. The molecule has 3 N–H and O–H groups in total. The summed E-state index contributed by atoms with van der Waals surface area (Å²) in [6.07, 6.45) is 1.12. The largest absolute Gasteiger partial charge is 0.357 e. The maximum Gasteiger partial charge on any atom is 0.142 e. The van der Waals surface area contributed by atoms with Gasteiger partial charge >= 0.3 is 0 Å². The zero-order chi connectivity index (χ0) is 10.4. The van der Waals surface area contributed by atoms with Crippen LogP contribution in [0, 0.1) is 0 Å². The highest BCUT2D eigenvalue weighted by Gasteiger charge is 2.04. The van der Waals surface area contributed by atoms with Crippen LogP contribution in [0.4, 0.5) is 11.6 Å². The van der Waals surface area contributed by atoms with E-state index in [9.17, 15) is 0 Å². The highest BCUT2D eigenvalue weighted by Crippen LogP contribution is 2.13. The van der Waals surface area contributed by atoms with Crippen molar-refractivity contribution < 1.29 is 0 Å². The van der Waals surface area contributed by atoms with Gasteiger partial charge in [-0.25, -0.2) is 10.8 Å². The number of hydrogen-bond acceptors (Lipinski definition) is 4. The van der Waals surface area contributed by atoms with Gasteiger partial charge in [0.15, 0.2) is 0 Å². The first kappa shape index (κ1) is 10.8. The summed E-state index contributed by atoms with van der Waals surface area (Å²) in [4.78, 5) is 6.59. The maximum atomic E-state index is 5.30. The number of nitrogen functional groups attached to an aromatic ring is 1. The Morgan fingerprint density at radius 1 is 1.43 bits per heavy atom. The van der Waals surface area contributed by atoms with Gasteiger partial charge in [-0.3, -0.25) is 0 Å². The van der Waals surface area contributed by atoms with Crippen molar-refractivity contribution in [3.63, 3.8) is 0 Å². The Balaban J connectivity index is 2.80. The van der Waals surface area contributed by atoms with Crippen molar-refractivity contribution in [1.29, 1.82) is 0 Å². The van der Waals surface area contributed by atoms with E-state index in [4.69, 9.17) is 5.84 Å². The first-order valence-electron chi connectivity index (χ1n) is 5.00. The Labute approximate surface area is 85.1 Å². The van der Waals surface area contributed by atoms with Gasteiger partial charge in [-0.1, -0.05) is 13.0 Å². The zero-order valence-corrected chi connectivity index (χ0v) is 8.83. The Hall–Kier alpha value is -1.29. The molecule has 0 aliphatic carbocycles. The first-order valence-corrected chi connectivity index (χ1v) is 5.00. The molecule has 1 aromatic rings. The summed E-state index contributed by atoms with van der Waals surface area (Å²) in [5, 5.41) is 0. The molecule has 0 aliphatic heterocycles. The molecule has 0 bridgehead atoms. The van der Waals surface area contributed by atoms with Gasteiger partial charge in [-0.15, -0.1) is 0 Å². The third kappa shape index (κ3) is 2.60. The van der Waals surface area contributed by atoms with Crippen molar-refractivity contribution >= 4 is 11.6 Å². The minimum atomic E-state index is 0.706. The molecule has 0 spiro atoms. The predicted molar refractivity (Wildman–Crippen MR) is 60.2 cm³/mol. The standard InChI is InChI=1S/C10H18N4/c1-3-8-14(4-2)10-7-5-6-9(12-10)13-11/h5-7H,3-4,8,11H2,1-2H3,(H,12,13). The summed E-state index contributed by atoms with van der Waals surface area (Å²) in [6, 6.07) is 5.80. The molecule has 0 unspecified atom stereocenters. The van der Waals surface area contributed by atoms with Crippen LogP contribution < -0.4 is 16.2 Å². The van der Waals surface area contributed by atoms with Gasteiger partial charge in [0.1, 0.15) is 11.6 Å². The summed E-state index contributed by atoms with van der Waals surface area (Å²) in [7, 11) is 0. The van der Waals surface area contributed by atoms with Crippen LogP contribution in [-0.4, -0.2) is 18.1 Å². The number of hydrogen-bond donors (Lipinski definition) is 2. The topological polar surface area (TPSA) is 54.2 Å². The molecule has 0 aliphatic rings. The average Bonchev–Trinajstić information content (AvgIpc) is 2.26. The minimum absolute atomic E-state index is 0.706. The molecule has 0 fully saturated rings. The highest BCUT2D eigenvalue weighted by molar-refractivity contribution is 5.46. The summed E-state index contributed by atoms with van der Waals surface area (Å²) in [5.41, 5.74) is 2.55. The summed E-state index contributed by atoms with van der Waals surface area (Å²) in [6.45, 7) is 6.28. The number of nitrogens with two attached hydrogens (primary N) is 1. The number of pyridine rings is 1. The third-order valence-electron chi connectivity index (χ3n) is 2.08. The van der Waals surface area contributed by atoms with Gasteiger partial charge in [-0.2, -0.15) is 0 Å². The van der Waals surface area contributed by atoms with Gasteiger partial charge in [-0.05, 0) is 25.5 Å². The normalized spacial score (nSPS) is 9.93. The lowest BCUT2D eigenvalue weighted by Crippen LogP contribution is -2.24. The zero-order valence-electron chi connectivity index (χ0n) is 8.83. The molecule has 0 radical (unpaired) electrons. The molecule has 0 amide bonds. The molecule has 0 saturated heterocycles. The van der Waals surface area contributed by atoms with Crippen molar-refractivity contribution in [3.05, 3.63) is 18.2 Å². The van der Waals surface area contributed by atoms with E-state index in [0.29, 0.717) is 5.82 Å². The van der Waals surface area contributed by atoms with Crippen LogP contribution >= 0.6 is 0 Å². The first-order chi connectivity index (χ1) is 6.81. The molecule has 1 heterocycles. The quantitative estimate of drug-likeness (QED) is 0.552. The van der Waals surface area contributed by atoms with Crippen LogP contribution in [0.15, 0.2) is 18.2 Å². The van der Waals surface area contributed by atoms with Gasteiger partial charge in [0.2, 0.25) is 0 Å². The number of aromatic nitrogens is 1. The fraction of sp³-hybridized carbons (Fsp3) is 0.500. The fourth-order valence-corrected chi connectivity index (χ4v) is 1.38. The van der Waals surface area contributed by atoms with E-state index in [1.807, 2.05) is 18.2 Å². The van der Waals surface area contributed by atoms with E-state index >= 15 is 0 Å². The van der Waals surface area contributed by atoms with Crippen LogP contribution in [0.3, 0.4) is 0 Å². The Morgan fingerprint density at radius 3 is 2.79 bits per heavy atom. The number of rotatable bonds is 5. The van der Waals surface area contributed by atoms with Gasteiger partial charge in [0.05, 0.1) is 0 Å². The molecule has 14 heavy (non-hydrogen) atoms. The lowest BCUT2D eigenvalue weighted by atomic mass is 10.3. The molecule has 0 atom stereocenters. The SMILES string of the molecule is CCCN(CC)c1cccc(NN)n1. The third-order valence-corrected chi connectivity index (χ3v) is 2.08. The van der Waals surface area contributed by atoms with Crippen LogP contribution in [0.1, 0.15) is 20.3 Å². The Kier molecular flexibility index (Phi) is 4.19. The number of anilines is 2. The molecule has 1 aromatic heterocycles. The summed E-state index contributed by atoms with van der Waals surface area (Å²) >= 11 is 0. The van der Waals surface area contributed by atoms with E-state index in [0.717, 1.165) is 25.3 Å². The summed E-state index contributed by atoms with van der Waals surface area (Å²) < 4.78 is 0.